The Balaban J connectivity index is 2.25. The number of hydrogen-bond acceptors (Lipinski definition) is 6. The van der Waals surface area contributed by atoms with Gasteiger partial charge in [0.05, 0.1) is 0 Å². The van der Waals surface area contributed by atoms with Crippen molar-refractivity contribution in [1.82, 2.24) is 24.8 Å². The van der Waals surface area contributed by atoms with E-state index >= 15 is 0 Å². The molecule has 0 aromatic carbocycles. The van der Waals surface area contributed by atoms with Crippen LogP contribution in [0.1, 0.15) is 27.2 Å². The molecule has 1 atom stereocenters. The summed E-state index contributed by atoms with van der Waals surface area (Å²) in [6, 6.07) is 0.0774. The smallest absolute Gasteiger partial charge is 0.264 e. The Morgan fingerprint density at radius 3 is 2.86 bits per heavy atom. The lowest BCUT2D eigenvalue weighted by Gasteiger charge is -2.12. The van der Waals surface area contributed by atoms with Gasteiger partial charge in [-0.25, -0.2) is 15.0 Å². The maximum Gasteiger partial charge on any atom is 0.264 e. The number of hydrogen-bond donors (Lipinski definition) is 1. The van der Waals surface area contributed by atoms with Gasteiger partial charge in [-0.3, -0.25) is 14.2 Å². The first kappa shape index (κ1) is 16.4. The highest BCUT2D eigenvalue weighted by Crippen LogP contribution is 2.13. The van der Waals surface area contributed by atoms with Crippen molar-refractivity contribution in [2.24, 2.45) is 0 Å². The molecule has 8 heteroatoms. The summed E-state index contributed by atoms with van der Waals surface area (Å²) < 4.78 is 1.27. The normalized spacial score (nSPS) is 12.3. The maximum atomic E-state index is 12.3. The van der Waals surface area contributed by atoms with Gasteiger partial charge >= 0.3 is 0 Å². The van der Waals surface area contributed by atoms with E-state index in [0.717, 1.165) is 12.2 Å². The molecule has 0 spiro atoms. The van der Waals surface area contributed by atoms with Crippen LogP contribution >= 0.6 is 11.8 Å². The molecule has 0 radical (unpaired) electrons. The van der Waals surface area contributed by atoms with E-state index in [-0.39, 0.29) is 24.1 Å². The molecule has 0 saturated carbocycles. The van der Waals surface area contributed by atoms with E-state index in [1.807, 2.05) is 20.8 Å². The van der Waals surface area contributed by atoms with Gasteiger partial charge in [0.2, 0.25) is 5.91 Å². The highest BCUT2D eigenvalue weighted by Gasteiger charge is 2.11. The quantitative estimate of drug-likeness (QED) is 0.635. The van der Waals surface area contributed by atoms with Crippen LogP contribution in [0.5, 0.6) is 0 Å². The molecule has 0 fully saturated rings. The molecule has 0 bridgehead atoms. The summed E-state index contributed by atoms with van der Waals surface area (Å²) in [5, 5.41) is 3.73. The zero-order chi connectivity index (χ0) is 16.1. The Bertz CT molecular complexity index is 731. The van der Waals surface area contributed by atoms with Crippen molar-refractivity contribution < 1.29 is 4.79 Å². The average Bonchev–Trinajstić information content (AvgIpc) is 2.50. The summed E-state index contributed by atoms with van der Waals surface area (Å²) in [7, 11) is 0. The molecule has 22 heavy (non-hydrogen) atoms. The van der Waals surface area contributed by atoms with Crippen molar-refractivity contribution in [2.75, 3.05) is 5.75 Å². The predicted octanol–water partition coefficient (Wildman–Crippen LogP) is 1.21. The second kappa shape index (κ2) is 7.35. The second-order valence-electron chi connectivity index (χ2n) is 4.88. The minimum atomic E-state index is -0.308. The number of aromatic nitrogens is 4. The van der Waals surface area contributed by atoms with Gasteiger partial charge < -0.3 is 5.32 Å². The first-order chi connectivity index (χ1) is 10.5. The highest BCUT2D eigenvalue weighted by molar-refractivity contribution is 7.99. The van der Waals surface area contributed by atoms with Crippen LogP contribution in [0.25, 0.3) is 11.0 Å². The van der Waals surface area contributed by atoms with Crippen molar-refractivity contribution in [2.45, 2.75) is 44.9 Å². The number of thioether (sulfide) groups is 1. The van der Waals surface area contributed by atoms with Crippen molar-refractivity contribution >= 4 is 28.7 Å². The fourth-order valence-corrected chi connectivity index (χ4v) is 2.36. The number of rotatable bonds is 6. The number of fused-ring (bicyclic) bond motifs is 1. The van der Waals surface area contributed by atoms with Crippen LogP contribution < -0.4 is 10.9 Å². The van der Waals surface area contributed by atoms with Gasteiger partial charge in [-0.1, -0.05) is 25.6 Å². The first-order valence-electron chi connectivity index (χ1n) is 7.19. The number of carbonyl (C=O) groups is 1. The third kappa shape index (κ3) is 3.82. The van der Waals surface area contributed by atoms with Crippen molar-refractivity contribution in [3.05, 3.63) is 22.9 Å². The van der Waals surface area contributed by atoms with Crippen LogP contribution in [0.4, 0.5) is 0 Å². The minimum absolute atomic E-state index is 0.0580. The number of carbonyl (C=O) groups excluding carboxylic acids is 1. The van der Waals surface area contributed by atoms with Crippen LogP contribution in [0.15, 0.2) is 22.5 Å². The molecule has 1 amide bonds. The van der Waals surface area contributed by atoms with Crippen LogP contribution in [0.3, 0.4) is 0 Å². The molecule has 118 valence electrons. The summed E-state index contributed by atoms with van der Waals surface area (Å²) in [5.74, 6) is 0.634. The molecule has 7 nitrogen and oxygen atoms in total. The average molecular weight is 321 g/mol. The van der Waals surface area contributed by atoms with E-state index in [1.165, 1.54) is 28.9 Å². The Hall–Kier alpha value is -1.96. The second-order valence-corrected chi connectivity index (χ2v) is 6.11. The molecule has 0 aliphatic carbocycles. The summed E-state index contributed by atoms with van der Waals surface area (Å²) in [5.41, 5.74) is 0.0480. The largest absolute Gasteiger partial charge is 0.352 e. The lowest BCUT2D eigenvalue weighted by Crippen LogP contribution is -2.37. The Kier molecular flexibility index (Phi) is 5.48. The van der Waals surface area contributed by atoms with E-state index < -0.39 is 0 Å². The Labute approximate surface area is 132 Å². The van der Waals surface area contributed by atoms with Gasteiger partial charge in [0.25, 0.3) is 5.56 Å². The molecule has 0 aliphatic heterocycles. The molecule has 0 aliphatic rings. The number of nitrogens with one attached hydrogen (secondary N) is 1. The molecule has 1 N–H and O–H groups in total. The monoisotopic (exact) mass is 321 g/mol. The highest BCUT2D eigenvalue weighted by atomic mass is 32.2. The summed E-state index contributed by atoms with van der Waals surface area (Å²) in [6.07, 6.45) is 3.66. The van der Waals surface area contributed by atoms with Crippen LogP contribution in [-0.2, 0) is 11.3 Å². The van der Waals surface area contributed by atoms with Gasteiger partial charge in [0.15, 0.2) is 10.8 Å². The fourth-order valence-electron chi connectivity index (χ4n) is 1.83. The van der Waals surface area contributed by atoms with Gasteiger partial charge in [-0.2, -0.15) is 0 Å². The minimum Gasteiger partial charge on any atom is -0.352 e. The van der Waals surface area contributed by atoms with Crippen LogP contribution in [0, 0.1) is 0 Å². The van der Waals surface area contributed by atoms with Crippen LogP contribution in [0.2, 0.25) is 0 Å². The number of nitrogens with zero attached hydrogens (tertiary/aromatic N) is 4. The van der Waals surface area contributed by atoms with Crippen molar-refractivity contribution in [1.29, 1.82) is 0 Å². The molecule has 0 saturated heterocycles. The molecule has 2 rings (SSSR count). The van der Waals surface area contributed by atoms with Crippen molar-refractivity contribution in [3.63, 3.8) is 0 Å². The van der Waals surface area contributed by atoms with Gasteiger partial charge in [0.1, 0.15) is 18.3 Å². The topological polar surface area (TPSA) is 89.8 Å². The standard InChI is InChI=1S/C14H19N5O2S/c1-4-9(3)17-11(20)7-19-8-16-12-10(13(19)21)6-15-14(18-12)22-5-2/h6,8-9H,4-5,7H2,1-3H3,(H,17,20)/t9-/m1/s1. The zero-order valence-electron chi connectivity index (χ0n) is 12.9. The molecule has 2 heterocycles. The van der Waals surface area contributed by atoms with Gasteiger partial charge in [0, 0.05) is 12.2 Å². The molecular formula is C14H19N5O2S. The maximum absolute atomic E-state index is 12.3. The van der Waals surface area contributed by atoms with E-state index in [4.69, 9.17) is 0 Å². The van der Waals surface area contributed by atoms with Crippen LogP contribution in [-0.4, -0.2) is 37.2 Å². The molecule has 0 unspecified atom stereocenters. The summed E-state index contributed by atoms with van der Waals surface area (Å²) >= 11 is 1.48. The van der Waals surface area contributed by atoms with Gasteiger partial charge in [-0.15, -0.1) is 0 Å². The van der Waals surface area contributed by atoms with E-state index in [9.17, 15) is 9.59 Å². The van der Waals surface area contributed by atoms with E-state index in [0.29, 0.717) is 16.2 Å². The Morgan fingerprint density at radius 1 is 1.41 bits per heavy atom. The molecular weight excluding hydrogens is 302 g/mol. The first-order valence-corrected chi connectivity index (χ1v) is 8.18. The van der Waals surface area contributed by atoms with E-state index in [2.05, 4.69) is 20.3 Å². The van der Waals surface area contributed by atoms with E-state index in [1.54, 1.807) is 0 Å². The number of amides is 1. The molecule has 2 aromatic rings. The van der Waals surface area contributed by atoms with Crippen molar-refractivity contribution in [3.8, 4) is 0 Å². The fraction of sp³-hybridized carbons (Fsp3) is 0.500. The predicted molar refractivity (Wildman–Crippen MR) is 85.9 cm³/mol. The Morgan fingerprint density at radius 2 is 2.18 bits per heavy atom. The lowest BCUT2D eigenvalue weighted by molar-refractivity contribution is -0.122. The lowest BCUT2D eigenvalue weighted by atomic mass is 10.2. The summed E-state index contributed by atoms with van der Waals surface area (Å²) in [6.45, 7) is 5.84. The third-order valence-corrected chi connectivity index (χ3v) is 3.91. The van der Waals surface area contributed by atoms with Gasteiger partial charge in [-0.05, 0) is 19.1 Å². The SMILES string of the molecule is CCSc1ncc2c(=O)n(CC(=O)N[C@H](C)CC)cnc2n1. The summed E-state index contributed by atoms with van der Waals surface area (Å²) in [4.78, 5) is 36.7. The third-order valence-electron chi connectivity index (χ3n) is 3.16. The molecule has 2 aromatic heterocycles. The zero-order valence-corrected chi connectivity index (χ0v) is 13.7.